The predicted molar refractivity (Wildman–Crippen MR) is 149 cm³/mol. The van der Waals surface area contributed by atoms with Crippen molar-refractivity contribution in [1.82, 2.24) is 24.4 Å². The molecule has 1 atom stereocenters. The first-order valence-electron chi connectivity index (χ1n) is 13.4. The maximum Gasteiger partial charge on any atom is 0.416 e. The molecule has 1 aliphatic heterocycles. The lowest BCUT2D eigenvalue weighted by atomic mass is 9.85. The molecule has 14 heteroatoms. The highest BCUT2D eigenvalue weighted by Crippen LogP contribution is 2.42. The summed E-state index contributed by atoms with van der Waals surface area (Å²) in [5, 5.41) is 6.12. The van der Waals surface area contributed by atoms with Crippen LogP contribution >= 0.6 is 23.2 Å². The SMILES string of the molecule is CCN1CCC[C@@H](Nc2ncc3nc(Nc4c(Cl)cc(C(F)(F)F)cc4Cl)n([C@H]4CC[C@@H](C(N)=O)CC4)c3n2)C1. The van der Waals surface area contributed by atoms with Gasteiger partial charge in [0.25, 0.3) is 0 Å². The van der Waals surface area contributed by atoms with Crippen molar-refractivity contribution < 1.29 is 18.0 Å². The van der Waals surface area contributed by atoms with E-state index in [1.54, 1.807) is 6.20 Å². The Morgan fingerprint density at radius 2 is 1.82 bits per heavy atom. The van der Waals surface area contributed by atoms with Crippen molar-refractivity contribution in [2.24, 2.45) is 11.7 Å². The molecule has 2 fully saturated rings. The Morgan fingerprint density at radius 1 is 1.12 bits per heavy atom. The molecule has 2 aromatic heterocycles. The zero-order chi connectivity index (χ0) is 28.6. The Hall–Kier alpha value is -2.83. The Morgan fingerprint density at radius 3 is 2.45 bits per heavy atom. The van der Waals surface area contributed by atoms with E-state index < -0.39 is 11.7 Å². The summed E-state index contributed by atoms with van der Waals surface area (Å²) in [4.78, 5) is 28.1. The van der Waals surface area contributed by atoms with Crippen LogP contribution in [0.15, 0.2) is 18.3 Å². The van der Waals surface area contributed by atoms with Gasteiger partial charge in [0.05, 0.1) is 27.5 Å². The fraction of sp³-hybridized carbons (Fsp3) is 0.538. The highest BCUT2D eigenvalue weighted by molar-refractivity contribution is 6.39. The van der Waals surface area contributed by atoms with E-state index in [1.807, 2.05) is 4.57 Å². The topological polar surface area (TPSA) is 114 Å². The van der Waals surface area contributed by atoms with Crippen LogP contribution in [0.1, 0.15) is 57.1 Å². The molecule has 4 N–H and O–H groups in total. The predicted octanol–water partition coefficient (Wildman–Crippen LogP) is 6.01. The van der Waals surface area contributed by atoms with Crippen LogP contribution in [0.2, 0.25) is 10.0 Å². The zero-order valence-corrected chi connectivity index (χ0v) is 23.5. The van der Waals surface area contributed by atoms with Crippen molar-refractivity contribution in [3.05, 3.63) is 33.9 Å². The summed E-state index contributed by atoms with van der Waals surface area (Å²) in [7, 11) is 0. The molecule has 3 heterocycles. The van der Waals surface area contributed by atoms with Crippen LogP contribution in [0.5, 0.6) is 0 Å². The fourth-order valence-electron chi connectivity index (χ4n) is 5.62. The number of carbonyl (C=O) groups excluding carboxylic acids is 1. The van der Waals surface area contributed by atoms with Gasteiger partial charge < -0.3 is 21.3 Å². The van der Waals surface area contributed by atoms with Crippen molar-refractivity contribution in [1.29, 1.82) is 0 Å². The van der Waals surface area contributed by atoms with E-state index in [2.05, 4.69) is 32.4 Å². The van der Waals surface area contributed by atoms with E-state index in [4.69, 9.17) is 33.9 Å². The number of piperidine rings is 1. The van der Waals surface area contributed by atoms with E-state index in [0.29, 0.717) is 48.7 Å². The molecule has 0 spiro atoms. The number of halogens is 5. The summed E-state index contributed by atoms with van der Waals surface area (Å²) in [6, 6.07) is 1.76. The molecule has 40 heavy (non-hydrogen) atoms. The van der Waals surface area contributed by atoms with Gasteiger partial charge in [-0.05, 0) is 63.7 Å². The van der Waals surface area contributed by atoms with Crippen LogP contribution in [0.4, 0.5) is 30.8 Å². The number of benzene rings is 1. The van der Waals surface area contributed by atoms with Crippen LogP contribution in [-0.4, -0.2) is 56.0 Å². The highest BCUT2D eigenvalue weighted by Gasteiger charge is 2.33. The number of hydrogen-bond donors (Lipinski definition) is 3. The van der Waals surface area contributed by atoms with Gasteiger partial charge in [-0.2, -0.15) is 18.2 Å². The maximum atomic E-state index is 13.3. The number of amides is 1. The average molecular weight is 599 g/mol. The lowest BCUT2D eigenvalue weighted by Crippen LogP contribution is -2.42. The van der Waals surface area contributed by atoms with Gasteiger partial charge in [-0.15, -0.1) is 0 Å². The summed E-state index contributed by atoms with van der Waals surface area (Å²) in [6.07, 6.45) is 1.61. The smallest absolute Gasteiger partial charge is 0.369 e. The third-order valence-electron chi connectivity index (χ3n) is 7.79. The quantitative estimate of drug-likeness (QED) is 0.305. The first-order valence-corrected chi connectivity index (χ1v) is 14.2. The number of hydrogen-bond acceptors (Lipinski definition) is 7. The number of aromatic nitrogens is 4. The van der Waals surface area contributed by atoms with Crippen LogP contribution in [-0.2, 0) is 11.0 Å². The van der Waals surface area contributed by atoms with Crippen LogP contribution in [0.3, 0.4) is 0 Å². The molecule has 0 radical (unpaired) electrons. The summed E-state index contributed by atoms with van der Waals surface area (Å²) in [6.45, 7) is 5.08. The number of alkyl halides is 3. The summed E-state index contributed by atoms with van der Waals surface area (Å²) in [5.74, 6) is 0.265. The number of anilines is 3. The lowest BCUT2D eigenvalue weighted by Gasteiger charge is -2.32. The molecule has 2 aliphatic rings. The second-order valence-electron chi connectivity index (χ2n) is 10.4. The average Bonchev–Trinajstić information content (AvgIpc) is 3.27. The van der Waals surface area contributed by atoms with Crippen molar-refractivity contribution in [3.63, 3.8) is 0 Å². The number of nitrogens with zero attached hydrogens (tertiary/aromatic N) is 5. The van der Waals surface area contributed by atoms with Crippen LogP contribution in [0, 0.1) is 5.92 Å². The number of rotatable bonds is 7. The maximum absolute atomic E-state index is 13.3. The summed E-state index contributed by atoms with van der Waals surface area (Å²) in [5.41, 5.74) is 5.77. The summed E-state index contributed by atoms with van der Waals surface area (Å²) >= 11 is 12.5. The van der Waals surface area contributed by atoms with Gasteiger partial charge >= 0.3 is 6.18 Å². The molecule has 0 unspecified atom stereocenters. The van der Waals surface area contributed by atoms with Gasteiger partial charge in [0.1, 0.15) is 5.52 Å². The van der Waals surface area contributed by atoms with Crippen LogP contribution in [0.25, 0.3) is 11.2 Å². The Balaban J connectivity index is 1.51. The third-order valence-corrected chi connectivity index (χ3v) is 8.39. The van der Waals surface area contributed by atoms with Gasteiger partial charge in [0, 0.05) is 24.5 Å². The zero-order valence-electron chi connectivity index (χ0n) is 21.9. The molecular weight excluding hydrogens is 568 g/mol. The van der Waals surface area contributed by atoms with Gasteiger partial charge in [-0.1, -0.05) is 30.1 Å². The van der Waals surface area contributed by atoms with Crippen molar-refractivity contribution in [2.45, 2.75) is 63.7 Å². The van der Waals surface area contributed by atoms with Crippen molar-refractivity contribution in [2.75, 3.05) is 30.3 Å². The molecule has 3 aromatic rings. The minimum absolute atomic E-state index is 0.0943. The second kappa shape index (κ2) is 11.6. The largest absolute Gasteiger partial charge is 0.416 e. The number of nitrogens with two attached hydrogens (primary N) is 1. The van der Waals surface area contributed by atoms with E-state index in [0.717, 1.165) is 44.6 Å². The molecule has 1 aromatic carbocycles. The minimum Gasteiger partial charge on any atom is -0.369 e. The molecule has 0 bridgehead atoms. The Labute approximate surface area is 239 Å². The summed E-state index contributed by atoms with van der Waals surface area (Å²) < 4.78 is 41.7. The number of nitrogens with one attached hydrogen (secondary N) is 2. The van der Waals surface area contributed by atoms with E-state index in [1.165, 1.54) is 0 Å². The first kappa shape index (κ1) is 28.7. The van der Waals surface area contributed by atoms with Gasteiger partial charge in [0.2, 0.25) is 17.8 Å². The number of fused-ring (bicyclic) bond motifs is 1. The standard InChI is InChI=1S/C26H31Cl2F3N8O/c1-2-38-9-3-4-16(13-38)34-24-33-12-20-23(37-24)39(17-7-5-14(6-8-17)22(32)40)25(35-20)36-21-18(27)10-15(11-19(21)28)26(29,30)31/h10-12,14,16-17H,2-9,13H2,1H3,(H2,32,40)(H,35,36)(H,33,34,37)/t14-,16-,17+/m1/s1. The van der Waals surface area contributed by atoms with E-state index in [-0.39, 0.29) is 39.6 Å². The van der Waals surface area contributed by atoms with Crippen molar-refractivity contribution >= 4 is 57.9 Å². The fourth-order valence-corrected chi connectivity index (χ4v) is 6.21. The van der Waals surface area contributed by atoms with Gasteiger partial charge in [-0.3, -0.25) is 9.36 Å². The number of likely N-dealkylation sites (N-methyl/N-ethyl adjacent to an activating group) is 1. The Bertz CT molecular complexity index is 1370. The molecule has 216 valence electrons. The lowest BCUT2D eigenvalue weighted by molar-refractivity contribution is -0.137. The molecule has 5 rings (SSSR count). The van der Waals surface area contributed by atoms with Crippen LogP contribution < -0.4 is 16.4 Å². The number of primary amides is 1. The normalized spacial score (nSPS) is 22.4. The molecule has 9 nitrogen and oxygen atoms in total. The number of carbonyl (C=O) groups is 1. The second-order valence-corrected chi connectivity index (χ2v) is 11.2. The number of imidazole rings is 1. The molecule has 1 amide bonds. The third kappa shape index (κ3) is 6.08. The van der Waals surface area contributed by atoms with E-state index >= 15 is 0 Å². The molecular formula is C26H31Cl2F3N8O. The number of likely N-dealkylation sites (tertiary alicyclic amines) is 1. The van der Waals surface area contributed by atoms with Gasteiger partial charge in [0.15, 0.2) is 5.65 Å². The van der Waals surface area contributed by atoms with Crippen molar-refractivity contribution in [3.8, 4) is 0 Å². The minimum atomic E-state index is -4.59. The molecule has 1 saturated heterocycles. The molecule has 1 aliphatic carbocycles. The first-order chi connectivity index (χ1) is 19.0. The molecule has 1 saturated carbocycles. The van der Waals surface area contributed by atoms with Gasteiger partial charge in [-0.25, -0.2) is 9.97 Å². The highest BCUT2D eigenvalue weighted by atomic mass is 35.5. The Kier molecular flexibility index (Phi) is 8.30. The monoisotopic (exact) mass is 598 g/mol. The van der Waals surface area contributed by atoms with E-state index in [9.17, 15) is 18.0 Å².